The second kappa shape index (κ2) is 6.96. The summed E-state index contributed by atoms with van der Waals surface area (Å²) in [6.07, 6.45) is 2.87. The lowest BCUT2D eigenvalue weighted by Gasteiger charge is -2.18. The van der Waals surface area contributed by atoms with E-state index in [2.05, 4.69) is 5.32 Å². The first-order chi connectivity index (χ1) is 12.6. The number of imide groups is 1. The zero-order chi connectivity index (χ0) is 18.1. The third-order valence-corrected chi connectivity index (χ3v) is 5.41. The molecule has 132 valence electrons. The van der Waals surface area contributed by atoms with Crippen LogP contribution in [0.2, 0.25) is 0 Å². The largest absolute Gasteiger partial charge is 0.367 e. The Morgan fingerprint density at radius 2 is 1.65 bits per heavy atom. The smallest absolute Gasteiger partial charge is 0.234 e. The highest BCUT2D eigenvalue weighted by Gasteiger charge is 2.48. The highest BCUT2D eigenvalue weighted by molar-refractivity contribution is 6.30. The molecule has 2 aromatic rings. The average Bonchev–Trinajstić information content (AvgIpc) is 2.91. The molecule has 0 saturated carbocycles. The minimum Gasteiger partial charge on any atom is -0.367 e. The van der Waals surface area contributed by atoms with Crippen molar-refractivity contribution in [2.24, 2.45) is 11.8 Å². The van der Waals surface area contributed by atoms with E-state index in [4.69, 9.17) is 11.6 Å². The molecular weight excluding hydrogens is 348 g/mol. The summed E-state index contributed by atoms with van der Waals surface area (Å²) < 4.78 is 0. The van der Waals surface area contributed by atoms with Gasteiger partial charge in [0.1, 0.15) is 0 Å². The number of likely N-dealkylation sites (tertiary alicyclic amines) is 1. The summed E-state index contributed by atoms with van der Waals surface area (Å²) in [5.41, 5.74) is 3.01. The monoisotopic (exact) mass is 366 g/mol. The minimum absolute atomic E-state index is 0.106. The Bertz CT molecular complexity index is 879. The van der Waals surface area contributed by atoms with Gasteiger partial charge in [0, 0.05) is 16.3 Å². The van der Waals surface area contributed by atoms with E-state index < -0.39 is 0 Å². The molecule has 26 heavy (non-hydrogen) atoms. The van der Waals surface area contributed by atoms with Gasteiger partial charge < -0.3 is 5.32 Å². The quantitative estimate of drug-likeness (QED) is 0.823. The van der Waals surface area contributed by atoms with Gasteiger partial charge in [-0.1, -0.05) is 66.2 Å². The summed E-state index contributed by atoms with van der Waals surface area (Å²) in [7, 11) is 0. The molecule has 4 rings (SSSR count). The number of para-hydroxylation sites is 1. The van der Waals surface area contributed by atoms with Crippen molar-refractivity contribution in [3.05, 3.63) is 65.7 Å². The molecule has 0 aromatic heterocycles. The fourth-order valence-corrected chi connectivity index (χ4v) is 3.98. The van der Waals surface area contributed by atoms with E-state index in [-0.39, 0.29) is 30.3 Å². The molecule has 0 radical (unpaired) electrons. The molecule has 0 unspecified atom stereocenters. The Morgan fingerprint density at radius 3 is 2.46 bits per heavy atom. The fourth-order valence-electron chi connectivity index (χ4n) is 3.72. The molecule has 2 atom stereocenters. The Kier molecular flexibility index (Phi) is 4.51. The summed E-state index contributed by atoms with van der Waals surface area (Å²) in [5, 5.41) is 3.95. The molecule has 5 heteroatoms. The predicted molar refractivity (Wildman–Crippen MR) is 102 cm³/mol. The Labute approximate surface area is 157 Å². The minimum atomic E-state index is -0.314. The third-order valence-electron chi connectivity index (χ3n) is 5.10. The second-order valence-electron chi connectivity index (χ2n) is 6.65. The number of benzene rings is 2. The van der Waals surface area contributed by atoms with Crippen LogP contribution in [0.5, 0.6) is 0 Å². The van der Waals surface area contributed by atoms with Gasteiger partial charge in [0.05, 0.1) is 18.5 Å². The highest BCUT2D eigenvalue weighted by Crippen LogP contribution is 2.39. The molecule has 2 amide bonds. The first kappa shape index (κ1) is 16.9. The molecule has 1 saturated heterocycles. The number of nitrogens with one attached hydrogen (secondary N) is 1. The van der Waals surface area contributed by atoms with Gasteiger partial charge in [0.15, 0.2) is 0 Å². The summed E-state index contributed by atoms with van der Waals surface area (Å²) in [6, 6.07) is 17.9. The van der Waals surface area contributed by atoms with E-state index in [9.17, 15) is 9.59 Å². The van der Waals surface area contributed by atoms with Gasteiger partial charge in [0.25, 0.3) is 0 Å². The molecule has 2 aliphatic rings. The van der Waals surface area contributed by atoms with Crippen LogP contribution >= 0.6 is 11.6 Å². The number of halogens is 1. The summed E-state index contributed by atoms with van der Waals surface area (Å²) in [6.45, 7) is 0.173. The molecular formula is C21H19ClN2O2. The van der Waals surface area contributed by atoms with Crippen LogP contribution in [0.1, 0.15) is 12.8 Å². The van der Waals surface area contributed by atoms with Gasteiger partial charge in [-0.3, -0.25) is 14.5 Å². The van der Waals surface area contributed by atoms with Gasteiger partial charge in [-0.25, -0.2) is 0 Å². The Balaban J connectivity index is 1.52. The lowest BCUT2D eigenvalue weighted by atomic mass is 9.85. The van der Waals surface area contributed by atoms with Gasteiger partial charge in [-0.15, -0.1) is 0 Å². The molecule has 2 aromatic carbocycles. The standard InChI is InChI=1S/C21H19ClN2O2/c22-15-10-11-17-18(12-15)21(26)24(20(17)25)13-23-19-9-5-4-8-16(19)14-6-2-1-3-7-14/h1-10,17-18,23H,11-13H2/t17-,18-/m1/s1. The molecule has 0 spiro atoms. The van der Waals surface area contributed by atoms with Crippen LogP contribution < -0.4 is 5.32 Å². The van der Waals surface area contributed by atoms with Gasteiger partial charge in [-0.05, 0) is 24.5 Å². The van der Waals surface area contributed by atoms with Gasteiger partial charge in [0.2, 0.25) is 11.8 Å². The number of amides is 2. The molecule has 1 aliphatic heterocycles. The number of hydrogen-bond donors (Lipinski definition) is 1. The van der Waals surface area contributed by atoms with Crippen LogP contribution in [-0.2, 0) is 9.59 Å². The normalized spacial score (nSPS) is 22.2. The average molecular weight is 367 g/mol. The summed E-state index contributed by atoms with van der Waals surface area (Å²) in [4.78, 5) is 26.6. The van der Waals surface area contributed by atoms with Gasteiger partial charge in [-0.2, -0.15) is 0 Å². The molecule has 1 aliphatic carbocycles. The number of carbonyl (C=O) groups excluding carboxylic acids is 2. The van der Waals surface area contributed by atoms with E-state index in [1.165, 1.54) is 4.90 Å². The summed E-state index contributed by atoms with van der Waals surface area (Å²) >= 11 is 6.07. The number of hydrogen-bond acceptors (Lipinski definition) is 3. The van der Waals surface area contributed by atoms with Crippen LogP contribution in [0.3, 0.4) is 0 Å². The molecule has 0 bridgehead atoms. The van der Waals surface area contributed by atoms with E-state index in [0.29, 0.717) is 17.9 Å². The topological polar surface area (TPSA) is 49.4 Å². The molecule has 1 N–H and O–H groups in total. The van der Waals surface area contributed by atoms with Crippen molar-refractivity contribution in [2.75, 3.05) is 12.0 Å². The van der Waals surface area contributed by atoms with Crippen molar-refractivity contribution in [3.8, 4) is 11.1 Å². The number of allylic oxidation sites excluding steroid dienone is 2. The van der Waals surface area contributed by atoms with Crippen LogP contribution in [0.4, 0.5) is 5.69 Å². The predicted octanol–water partition coefficient (Wildman–Crippen LogP) is 4.24. The lowest BCUT2D eigenvalue weighted by molar-refractivity contribution is -0.139. The first-order valence-electron chi connectivity index (χ1n) is 8.73. The van der Waals surface area contributed by atoms with Crippen molar-refractivity contribution < 1.29 is 9.59 Å². The lowest BCUT2D eigenvalue weighted by Crippen LogP contribution is -2.35. The van der Waals surface area contributed by atoms with Crippen molar-refractivity contribution in [2.45, 2.75) is 12.8 Å². The number of anilines is 1. The van der Waals surface area contributed by atoms with Crippen molar-refractivity contribution >= 4 is 29.1 Å². The van der Waals surface area contributed by atoms with Crippen molar-refractivity contribution in [1.29, 1.82) is 0 Å². The van der Waals surface area contributed by atoms with Crippen molar-refractivity contribution in [1.82, 2.24) is 4.90 Å². The van der Waals surface area contributed by atoms with Crippen LogP contribution in [0.25, 0.3) is 11.1 Å². The summed E-state index contributed by atoms with van der Waals surface area (Å²) in [5.74, 6) is -0.816. The third kappa shape index (κ3) is 3.01. The zero-order valence-electron chi connectivity index (χ0n) is 14.2. The SMILES string of the molecule is O=C1[C@@H]2CC=C(Cl)C[C@H]2C(=O)N1CNc1ccccc1-c1ccccc1. The fraction of sp³-hybridized carbons (Fsp3) is 0.238. The second-order valence-corrected chi connectivity index (χ2v) is 7.14. The number of nitrogens with zero attached hydrogens (tertiary/aromatic N) is 1. The van der Waals surface area contributed by atoms with Crippen LogP contribution in [0, 0.1) is 11.8 Å². The van der Waals surface area contributed by atoms with E-state index in [1.54, 1.807) is 0 Å². The first-order valence-corrected chi connectivity index (χ1v) is 9.11. The Morgan fingerprint density at radius 1 is 0.962 bits per heavy atom. The maximum Gasteiger partial charge on any atom is 0.234 e. The maximum atomic E-state index is 12.7. The van der Waals surface area contributed by atoms with Crippen molar-refractivity contribution in [3.63, 3.8) is 0 Å². The van der Waals surface area contributed by atoms with E-state index >= 15 is 0 Å². The van der Waals surface area contributed by atoms with E-state index in [1.807, 2.05) is 60.7 Å². The van der Waals surface area contributed by atoms with E-state index in [0.717, 1.165) is 16.8 Å². The zero-order valence-corrected chi connectivity index (χ0v) is 14.9. The number of fused-ring (bicyclic) bond motifs is 1. The maximum absolute atomic E-state index is 12.7. The number of carbonyl (C=O) groups is 2. The Hall–Kier alpha value is -2.59. The molecule has 1 fully saturated rings. The molecule has 4 nitrogen and oxygen atoms in total. The van der Waals surface area contributed by atoms with Crippen LogP contribution in [-0.4, -0.2) is 23.4 Å². The van der Waals surface area contributed by atoms with Gasteiger partial charge >= 0.3 is 0 Å². The highest BCUT2D eigenvalue weighted by atomic mass is 35.5. The number of rotatable bonds is 4. The van der Waals surface area contributed by atoms with Crippen LogP contribution in [0.15, 0.2) is 65.7 Å². The molecule has 1 heterocycles.